The summed E-state index contributed by atoms with van der Waals surface area (Å²) in [5.41, 5.74) is 2.22. The Labute approximate surface area is 123 Å². The van der Waals surface area contributed by atoms with Gasteiger partial charge in [0.25, 0.3) is 5.91 Å². The van der Waals surface area contributed by atoms with E-state index in [9.17, 15) is 9.59 Å². The Kier molecular flexibility index (Phi) is 4.62. The largest absolute Gasteiger partial charge is 0.451 e. The van der Waals surface area contributed by atoms with E-state index in [1.54, 1.807) is 18.7 Å². The van der Waals surface area contributed by atoms with Crippen molar-refractivity contribution in [2.45, 2.75) is 45.8 Å². The van der Waals surface area contributed by atoms with Crippen LogP contribution in [0, 0.1) is 13.8 Å². The Balaban J connectivity index is 1.94. The lowest BCUT2D eigenvalue weighted by Crippen LogP contribution is -2.34. The van der Waals surface area contributed by atoms with Gasteiger partial charge in [-0.15, -0.1) is 0 Å². The van der Waals surface area contributed by atoms with Crippen LogP contribution in [0.1, 0.15) is 31.2 Å². The van der Waals surface area contributed by atoms with Gasteiger partial charge in [0.2, 0.25) is 0 Å². The monoisotopic (exact) mass is 295 g/mol. The third kappa shape index (κ3) is 3.41. The fourth-order valence-electron chi connectivity index (χ4n) is 2.25. The van der Waals surface area contributed by atoms with Gasteiger partial charge in [0.1, 0.15) is 0 Å². The average Bonchev–Trinajstić information content (AvgIpc) is 3.03. The number of amides is 1. The van der Waals surface area contributed by atoms with Crippen molar-refractivity contribution >= 4 is 17.6 Å². The SMILES string of the molecule is Cc1nn(C)c(C)c1NC(=O)[C@H](C)OC(=O)[C@@H]1CCCO1. The predicted octanol–water partition coefficient (Wildman–Crippen LogP) is 1.09. The summed E-state index contributed by atoms with van der Waals surface area (Å²) in [5, 5.41) is 6.98. The predicted molar refractivity (Wildman–Crippen MR) is 75.8 cm³/mol. The molecule has 0 radical (unpaired) electrons. The molecule has 7 nitrogen and oxygen atoms in total. The number of hydrogen-bond donors (Lipinski definition) is 1. The first kappa shape index (κ1) is 15.5. The minimum Gasteiger partial charge on any atom is -0.451 e. The van der Waals surface area contributed by atoms with E-state index in [0.717, 1.165) is 17.8 Å². The van der Waals surface area contributed by atoms with Gasteiger partial charge in [-0.3, -0.25) is 9.48 Å². The van der Waals surface area contributed by atoms with Gasteiger partial charge >= 0.3 is 5.97 Å². The first-order valence-corrected chi connectivity index (χ1v) is 7.03. The summed E-state index contributed by atoms with van der Waals surface area (Å²) in [6, 6.07) is 0. The summed E-state index contributed by atoms with van der Waals surface area (Å²) in [6.07, 6.45) is 0.0744. The lowest BCUT2D eigenvalue weighted by molar-refractivity contribution is -0.162. The molecule has 0 bridgehead atoms. The summed E-state index contributed by atoms with van der Waals surface area (Å²) in [6.45, 7) is 5.78. The van der Waals surface area contributed by atoms with Crippen LogP contribution in [0.4, 0.5) is 5.69 Å². The zero-order valence-electron chi connectivity index (χ0n) is 12.8. The third-order valence-electron chi connectivity index (χ3n) is 3.61. The first-order chi connectivity index (χ1) is 9.90. The number of rotatable bonds is 4. The Morgan fingerprint density at radius 2 is 2.19 bits per heavy atom. The zero-order valence-corrected chi connectivity index (χ0v) is 12.8. The van der Waals surface area contributed by atoms with Crippen LogP contribution < -0.4 is 5.32 Å². The van der Waals surface area contributed by atoms with Gasteiger partial charge in [-0.2, -0.15) is 5.10 Å². The maximum absolute atomic E-state index is 12.1. The molecule has 116 valence electrons. The Bertz CT molecular complexity index is 547. The molecule has 0 saturated carbocycles. The summed E-state index contributed by atoms with van der Waals surface area (Å²) in [7, 11) is 1.80. The van der Waals surface area contributed by atoms with Crippen molar-refractivity contribution in [1.82, 2.24) is 9.78 Å². The van der Waals surface area contributed by atoms with E-state index in [1.165, 1.54) is 0 Å². The molecule has 0 aromatic carbocycles. The van der Waals surface area contributed by atoms with Crippen LogP contribution in [-0.2, 0) is 26.1 Å². The van der Waals surface area contributed by atoms with Gasteiger partial charge in [-0.05, 0) is 33.6 Å². The molecule has 1 aromatic rings. The maximum atomic E-state index is 12.1. The van der Waals surface area contributed by atoms with Crippen molar-refractivity contribution in [3.05, 3.63) is 11.4 Å². The van der Waals surface area contributed by atoms with E-state index in [-0.39, 0.29) is 5.91 Å². The zero-order chi connectivity index (χ0) is 15.6. The number of aromatic nitrogens is 2. The minimum absolute atomic E-state index is 0.374. The second-order valence-electron chi connectivity index (χ2n) is 5.24. The quantitative estimate of drug-likeness (QED) is 0.841. The van der Waals surface area contributed by atoms with E-state index in [4.69, 9.17) is 9.47 Å². The fraction of sp³-hybridized carbons (Fsp3) is 0.643. The molecule has 2 heterocycles. The molecule has 0 unspecified atom stereocenters. The number of ether oxygens (including phenoxy) is 2. The highest BCUT2D eigenvalue weighted by atomic mass is 16.6. The molecular weight excluding hydrogens is 274 g/mol. The molecule has 21 heavy (non-hydrogen) atoms. The van der Waals surface area contributed by atoms with Gasteiger partial charge in [0.15, 0.2) is 12.2 Å². The third-order valence-corrected chi connectivity index (χ3v) is 3.61. The Hall–Kier alpha value is -1.89. The maximum Gasteiger partial charge on any atom is 0.336 e. The van der Waals surface area contributed by atoms with Crippen LogP contribution in [0.25, 0.3) is 0 Å². The van der Waals surface area contributed by atoms with Crippen molar-refractivity contribution in [2.75, 3.05) is 11.9 Å². The number of anilines is 1. The second-order valence-corrected chi connectivity index (χ2v) is 5.24. The van der Waals surface area contributed by atoms with Crippen LogP contribution in [0.5, 0.6) is 0 Å². The smallest absolute Gasteiger partial charge is 0.336 e. The molecule has 0 spiro atoms. The number of carbonyl (C=O) groups excluding carboxylic acids is 2. The van der Waals surface area contributed by atoms with E-state index < -0.39 is 18.2 Å². The molecule has 2 rings (SSSR count). The molecule has 1 amide bonds. The van der Waals surface area contributed by atoms with Crippen molar-refractivity contribution < 1.29 is 19.1 Å². The molecule has 1 fully saturated rings. The summed E-state index contributed by atoms with van der Waals surface area (Å²) < 4.78 is 12.1. The van der Waals surface area contributed by atoms with Crippen LogP contribution in [0.2, 0.25) is 0 Å². The van der Waals surface area contributed by atoms with Crippen LogP contribution in [-0.4, -0.2) is 40.5 Å². The number of carbonyl (C=O) groups is 2. The number of esters is 1. The molecule has 1 saturated heterocycles. The lowest BCUT2D eigenvalue weighted by Gasteiger charge is -2.16. The molecule has 7 heteroatoms. The van der Waals surface area contributed by atoms with E-state index in [1.807, 2.05) is 13.8 Å². The standard InChI is InChI=1S/C14H21N3O4/c1-8-12(9(2)17(4)16-8)15-13(18)10(3)21-14(19)11-6-5-7-20-11/h10-11H,5-7H2,1-4H3,(H,15,18)/t10-,11-/m0/s1. The molecule has 1 aromatic heterocycles. The van der Waals surface area contributed by atoms with Crippen molar-refractivity contribution in [2.24, 2.45) is 7.05 Å². The topological polar surface area (TPSA) is 82.5 Å². The van der Waals surface area contributed by atoms with E-state index in [2.05, 4.69) is 10.4 Å². The highest BCUT2D eigenvalue weighted by Gasteiger charge is 2.28. The Morgan fingerprint density at radius 3 is 2.71 bits per heavy atom. The van der Waals surface area contributed by atoms with Gasteiger partial charge in [0.05, 0.1) is 17.1 Å². The van der Waals surface area contributed by atoms with Crippen molar-refractivity contribution in [1.29, 1.82) is 0 Å². The summed E-state index contributed by atoms with van der Waals surface area (Å²) in [4.78, 5) is 23.9. The van der Waals surface area contributed by atoms with E-state index in [0.29, 0.717) is 18.7 Å². The van der Waals surface area contributed by atoms with E-state index >= 15 is 0 Å². The molecule has 0 aliphatic carbocycles. The summed E-state index contributed by atoms with van der Waals surface area (Å²) in [5.74, 6) is -0.852. The molecule has 1 aliphatic rings. The Morgan fingerprint density at radius 1 is 1.48 bits per heavy atom. The number of aryl methyl sites for hydroxylation is 2. The fourth-order valence-corrected chi connectivity index (χ4v) is 2.25. The van der Waals surface area contributed by atoms with Gasteiger partial charge in [0, 0.05) is 13.7 Å². The van der Waals surface area contributed by atoms with Gasteiger partial charge < -0.3 is 14.8 Å². The van der Waals surface area contributed by atoms with Gasteiger partial charge in [-0.1, -0.05) is 0 Å². The molecule has 1 aliphatic heterocycles. The van der Waals surface area contributed by atoms with Gasteiger partial charge in [-0.25, -0.2) is 4.79 Å². The van der Waals surface area contributed by atoms with Crippen LogP contribution >= 0.6 is 0 Å². The van der Waals surface area contributed by atoms with Crippen molar-refractivity contribution in [3.8, 4) is 0 Å². The van der Waals surface area contributed by atoms with Crippen LogP contribution in [0.3, 0.4) is 0 Å². The highest BCUT2D eigenvalue weighted by molar-refractivity contribution is 5.96. The van der Waals surface area contributed by atoms with Crippen LogP contribution in [0.15, 0.2) is 0 Å². The number of hydrogen-bond acceptors (Lipinski definition) is 5. The van der Waals surface area contributed by atoms with Crippen molar-refractivity contribution in [3.63, 3.8) is 0 Å². The normalized spacial score (nSPS) is 19.3. The average molecular weight is 295 g/mol. The molecular formula is C14H21N3O4. The number of nitrogens with one attached hydrogen (secondary N) is 1. The second kappa shape index (κ2) is 6.26. The number of nitrogens with zero attached hydrogens (tertiary/aromatic N) is 2. The summed E-state index contributed by atoms with van der Waals surface area (Å²) >= 11 is 0. The molecule has 1 N–H and O–H groups in total. The molecule has 2 atom stereocenters. The highest BCUT2D eigenvalue weighted by Crippen LogP contribution is 2.19. The minimum atomic E-state index is -0.874. The lowest BCUT2D eigenvalue weighted by atomic mass is 10.2. The first-order valence-electron chi connectivity index (χ1n) is 7.03.